The van der Waals surface area contributed by atoms with Gasteiger partial charge < -0.3 is 4.55 Å². The monoisotopic (exact) mass is 407 g/mol. The van der Waals surface area contributed by atoms with Gasteiger partial charge in [-0.15, -0.1) is 0 Å². The van der Waals surface area contributed by atoms with Crippen molar-refractivity contribution in [1.82, 2.24) is 19.6 Å². The SMILES string of the molecule is CCn1[nH]c(C)c(C(=O)c2ccc(CS(=O)[O-])c(-n3cccn3)c2Cl)c1=O. The van der Waals surface area contributed by atoms with E-state index in [0.29, 0.717) is 23.5 Å². The Hall–Kier alpha value is -2.49. The summed E-state index contributed by atoms with van der Waals surface area (Å²) in [5, 5.41) is 6.98. The van der Waals surface area contributed by atoms with Crippen molar-refractivity contribution in [2.45, 2.75) is 26.1 Å². The highest BCUT2D eigenvalue weighted by Crippen LogP contribution is 2.30. The molecule has 142 valence electrons. The number of aryl methyl sites for hydroxylation is 2. The molecule has 2 aromatic heterocycles. The minimum atomic E-state index is -2.35. The van der Waals surface area contributed by atoms with E-state index in [1.165, 1.54) is 27.7 Å². The molecule has 1 aromatic carbocycles. The van der Waals surface area contributed by atoms with Gasteiger partial charge in [0.05, 0.1) is 10.7 Å². The lowest BCUT2D eigenvalue weighted by atomic mass is 10.0. The summed E-state index contributed by atoms with van der Waals surface area (Å²) in [6.07, 6.45) is 3.11. The fourth-order valence-corrected chi connectivity index (χ4v) is 3.75. The zero-order valence-electron chi connectivity index (χ0n) is 14.6. The average Bonchev–Trinajstić information content (AvgIpc) is 3.22. The molecule has 0 saturated carbocycles. The Morgan fingerprint density at radius 2 is 2.15 bits per heavy atom. The zero-order valence-corrected chi connectivity index (χ0v) is 16.1. The molecule has 0 aliphatic heterocycles. The van der Waals surface area contributed by atoms with Crippen LogP contribution in [-0.2, 0) is 23.4 Å². The summed E-state index contributed by atoms with van der Waals surface area (Å²) >= 11 is 4.13. The highest BCUT2D eigenvalue weighted by atomic mass is 35.5. The van der Waals surface area contributed by atoms with Crippen LogP contribution in [0.15, 0.2) is 35.4 Å². The van der Waals surface area contributed by atoms with E-state index in [9.17, 15) is 18.4 Å². The molecule has 3 aromatic rings. The Morgan fingerprint density at radius 3 is 2.70 bits per heavy atom. The molecule has 0 spiro atoms. The molecule has 0 amide bonds. The van der Waals surface area contributed by atoms with Crippen LogP contribution in [-0.4, -0.2) is 34.1 Å². The highest BCUT2D eigenvalue weighted by molar-refractivity contribution is 7.78. The predicted octanol–water partition coefficient (Wildman–Crippen LogP) is 1.95. The quantitative estimate of drug-likeness (QED) is 0.495. The lowest BCUT2D eigenvalue weighted by molar-refractivity contribution is 0.103. The van der Waals surface area contributed by atoms with Gasteiger partial charge in [0.2, 0.25) is 5.78 Å². The molecule has 0 saturated heterocycles. The van der Waals surface area contributed by atoms with Gasteiger partial charge in [-0.2, -0.15) is 5.10 Å². The van der Waals surface area contributed by atoms with Crippen LogP contribution in [0.5, 0.6) is 0 Å². The summed E-state index contributed by atoms with van der Waals surface area (Å²) in [4.78, 5) is 25.5. The topological polar surface area (TPSA) is 113 Å². The molecular weight excluding hydrogens is 392 g/mol. The van der Waals surface area contributed by atoms with Gasteiger partial charge in [-0.25, -0.2) is 4.68 Å². The van der Waals surface area contributed by atoms with Crippen molar-refractivity contribution in [3.8, 4) is 5.69 Å². The number of aromatic nitrogens is 4. The maximum atomic E-state index is 13.0. The van der Waals surface area contributed by atoms with Gasteiger partial charge in [-0.3, -0.25) is 23.6 Å². The molecule has 0 fully saturated rings. The maximum Gasteiger partial charge on any atom is 0.278 e. The summed E-state index contributed by atoms with van der Waals surface area (Å²) in [5.74, 6) is -0.816. The van der Waals surface area contributed by atoms with Crippen molar-refractivity contribution in [2.75, 3.05) is 0 Å². The van der Waals surface area contributed by atoms with E-state index in [-0.39, 0.29) is 21.9 Å². The van der Waals surface area contributed by atoms with Crippen LogP contribution >= 0.6 is 11.6 Å². The first-order valence-electron chi connectivity index (χ1n) is 8.06. The van der Waals surface area contributed by atoms with Crippen molar-refractivity contribution in [3.05, 3.63) is 68.4 Å². The molecule has 27 heavy (non-hydrogen) atoms. The largest absolute Gasteiger partial charge is 0.772 e. The molecular formula is C17H16ClN4O4S-. The molecule has 10 heteroatoms. The molecule has 2 heterocycles. The third kappa shape index (κ3) is 3.53. The van der Waals surface area contributed by atoms with Crippen LogP contribution in [0, 0.1) is 6.92 Å². The Kier molecular flexibility index (Phi) is 5.45. The molecule has 8 nitrogen and oxygen atoms in total. The number of ketones is 1. The van der Waals surface area contributed by atoms with Crippen molar-refractivity contribution in [3.63, 3.8) is 0 Å². The molecule has 1 atom stereocenters. The van der Waals surface area contributed by atoms with Crippen LogP contribution in [0.25, 0.3) is 5.69 Å². The number of H-pyrrole nitrogens is 1. The fraction of sp³-hybridized carbons (Fsp3) is 0.235. The number of carbonyl (C=O) groups is 1. The van der Waals surface area contributed by atoms with Crippen molar-refractivity contribution >= 4 is 28.5 Å². The molecule has 3 rings (SSSR count). The number of halogens is 1. The summed E-state index contributed by atoms with van der Waals surface area (Å²) < 4.78 is 25.1. The van der Waals surface area contributed by atoms with Crippen molar-refractivity contribution < 1.29 is 13.6 Å². The Labute approximate surface area is 162 Å². The Morgan fingerprint density at radius 1 is 1.41 bits per heavy atom. The van der Waals surface area contributed by atoms with Gasteiger partial charge >= 0.3 is 0 Å². The molecule has 1 unspecified atom stereocenters. The van der Waals surface area contributed by atoms with Gasteiger partial charge in [0.15, 0.2) is 0 Å². The third-order valence-corrected chi connectivity index (χ3v) is 5.06. The molecule has 0 aliphatic rings. The van der Waals surface area contributed by atoms with Crippen molar-refractivity contribution in [1.29, 1.82) is 0 Å². The van der Waals surface area contributed by atoms with Crippen LogP contribution in [0.2, 0.25) is 5.02 Å². The van der Waals surface area contributed by atoms with Gasteiger partial charge in [-0.05, 0) is 31.5 Å². The number of rotatable bonds is 6. The predicted molar refractivity (Wildman–Crippen MR) is 100 cm³/mol. The number of hydrogen-bond donors (Lipinski definition) is 1. The van der Waals surface area contributed by atoms with E-state index in [4.69, 9.17) is 11.6 Å². The highest BCUT2D eigenvalue weighted by Gasteiger charge is 2.24. The number of nitrogens with zero attached hydrogens (tertiary/aromatic N) is 3. The second-order valence-electron chi connectivity index (χ2n) is 5.82. The van der Waals surface area contributed by atoms with Crippen LogP contribution in [0.3, 0.4) is 0 Å². The van der Waals surface area contributed by atoms with E-state index in [1.807, 2.05) is 0 Å². The van der Waals surface area contributed by atoms with E-state index in [0.717, 1.165) is 0 Å². The van der Waals surface area contributed by atoms with E-state index >= 15 is 0 Å². The standard InChI is InChI=1S/C17H17ClN4O4S/c1-3-21-17(24)13(10(2)20-21)16(23)12-6-5-11(9-27(25)26)15(14(12)18)22-8-4-7-19-22/h4-8,20H,3,9H2,1-2H3,(H,25,26)/p-1. The minimum Gasteiger partial charge on any atom is -0.772 e. The molecule has 0 aliphatic carbocycles. The lowest BCUT2D eigenvalue weighted by Gasteiger charge is -2.15. The summed E-state index contributed by atoms with van der Waals surface area (Å²) in [6.45, 7) is 3.82. The first kappa shape index (κ1) is 19.3. The van der Waals surface area contributed by atoms with Gasteiger partial charge in [0.1, 0.15) is 5.56 Å². The maximum absolute atomic E-state index is 13.0. The normalized spacial score (nSPS) is 12.3. The summed E-state index contributed by atoms with van der Waals surface area (Å²) in [5.41, 5.74) is 0.802. The first-order chi connectivity index (χ1) is 12.8. The molecule has 0 bridgehead atoms. The zero-order chi connectivity index (χ0) is 19.7. The van der Waals surface area contributed by atoms with Crippen LogP contribution in [0.4, 0.5) is 0 Å². The smallest absolute Gasteiger partial charge is 0.278 e. The number of aromatic amines is 1. The third-order valence-electron chi connectivity index (χ3n) is 4.13. The Balaban J connectivity index is 2.19. The van der Waals surface area contributed by atoms with Crippen molar-refractivity contribution in [2.24, 2.45) is 0 Å². The molecule has 0 radical (unpaired) electrons. The number of benzene rings is 1. The summed E-state index contributed by atoms with van der Waals surface area (Å²) in [7, 11) is 0. The summed E-state index contributed by atoms with van der Waals surface area (Å²) in [6, 6.07) is 4.59. The van der Waals surface area contributed by atoms with Crippen LogP contribution < -0.4 is 5.56 Å². The second-order valence-corrected chi connectivity index (χ2v) is 7.10. The second kappa shape index (κ2) is 7.63. The number of hydrogen-bond acceptors (Lipinski definition) is 5. The van der Waals surface area contributed by atoms with E-state index < -0.39 is 22.4 Å². The Bertz CT molecular complexity index is 1090. The number of nitrogens with one attached hydrogen (secondary N) is 1. The van der Waals surface area contributed by atoms with E-state index in [1.54, 1.807) is 26.1 Å². The van der Waals surface area contributed by atoms with Gasteiger partial charge in [0, 0.05) is 35.9 Å². The van der Waals surface area contributed by atoms with Gasteiger partial charge in [-0.1, -0.05) is 28.7 Å². The van der Waals surface area contributed by atoms with Gasteiger partial charge in [0.25, 0.3) is 5.56 Å². The average molecular weight is 408 g/mol. The first-order valence-corrected chi connectivity index (χ1v) is 9.68. The fourth-order valence-electron chi connectivity index (χ4n) is 2.90. The lowest BCUT2D eigenvalue weighted by Crippen LogP contribution is -2.22. The van der Waals surface area contributed by atoms with E-state index in [2.05, 4.69) is 10.2 Å². The molecule has 1 N–H and O–H groups in total. The number of carbonyl (C=O) groups excluding carboxylic acids is 1. The minimum absolute atomic E-state index is 0.00492. The van der Waals surface area contributed by atoms with Crippen LogP contribution in [0.1, 0.15) is 34.1 Å².